The van der Waals surface area contributed by atoms with E-state index in [1.807, 2.05) is 30.3 Å². The van der Waals surface area contributed by atoms with E-state index in [0.29, 0.717) is 0 Å². The van der Waals surface area contributed by atoms with Gasteiger partial charge in [-0.25, -0.2) is 4.79 Å². The van der Waals surface area contributed by atoms with Gasteiger partial charge in [-0.1, -0.05) is 42.5 Å². The maximum Gasteiger partial charge on any atom is 0.326 e. The van der Waals surface area contributed by atoms with Crippen molar-refractivity contribution in [2.75, 3.05) is 6.61 Å². The second-order valence-electron chi connectivity index (χ2n) is 7.60. The van der Waals surface area contributed by atoms with Crippen LogP contribution in [0.1, 0.15) is 29.3 Å². The fourth-order valence-electron chi connectivity index (χ4n) is 3.31. The maximum absolute atomic E-state index is 12.9. The molecule has 2 aromatic carbocycles. The first-order chi connectivity index (χ1) is 15.3. The molecular formula is C23H25N3O6. The summed E-state index contributed by atoms with van der Waals surface area (Å²) in [4.78, 5) is 49.9. The Morgan fingerprint density at radius 3 is 2.41 bits per heavy atom. The topological polar surface area (TPSA) is 134 Å². The van der Waals surface area contributed by atoms with Crippen LogP contribution in [0, 0.1) is 0 Å². The quantitative estimate of drug-likeness (QED) is 0.561. The van der Waals surface area contributed by atoms with Crippen molar-refractivity contribution in [2.45, 2.75) is 37.9 Å². The van der Waals surface area contributed by atoms with Crippen LogP contribution in [0.5, 0.6) is 5.75 Å². The van der Waals surface area contributed by atoms with Gasteiger partial charge in [0.2, 0.25) is 11.8 Å². The lowest BCUT2D eigenvalue weighted by Crippen LogP contribution is -2.53. The van der Waals surface area contributed by atoms with E-state index in [2.05, 4.69) is 16.0 Å². The molecule has 0 unspecified atom stereocenters. The van der Waals surface area contributed by atoms with Crippen LogP contribution in [0.2, 0.25) is 0 Å². The van der Waals surface area contributed by atoms with Crippen molar-refractivity contribution in [3.8, 4) is 5.75 Å². The van der Waals surface area contributed by atoms with Crippen molar-refractivity contribution >= 4 is 23.7 Å². The van der Waals surface area contributed by atoms with E-state index in [1.165, 1.54) is 6.07 Å². The summed E-state index contributed by atoms with van der Waals surface area (Å²) in [6.45, 7) is 1.82. The van der Waals surface area contributed by atoms with Crippen LogP contribution in [-0.2, 0) is 20.8 Å². The molecule has 1 heterocycles. The molecule has 0 aliphatic carbocycles. The first kappa shape index (κ1) is 22.8. The standard InChI is InChI=1S/C23H25N3O6/c1-14-13-32-19-10-6-5-9-16(19)21(28)26-18(23(30)31)12-20(27)25-17(22(29)24-14)11-15-7-3-2-4-8-15/h2-10,14,17-18H,11-13H2,1H3,(H,24,29)(H,25,27)(H,26,28)(H,30,31)/t14-,17+,18-/m0/s1. The highest BCUT2D eigenvalue weighted by Gasteiger charge is 2.29. The highest BCUT2D eigenvalue weighted by Crippen LogP contribution is 2.19. The average Bonchev–Trinajstić information content (AvgIpc) is 2.77. The molecule has 9 nitrogen and oxygen atoms in total. The number of para-hydroxylation sites is 1. The number of carbonyl (C=O) groups excluding carboxylic acids is 3. The third kappa shape index (κ3) is 6.07. The molecule has 0 fully saturated rings. The number of rotatable bonds is 3. The van der Waals surface area contributed by atoms with Gasteiger partial charge in [0.25, 0.3) is 5.91 Å². The summed E-state index contributed by atoms with van der Waals surface area (Å²) in [7, 11) is 0. The van der Waals surface area contributed by atoms with Crippen LogP contribution < -0.4 is 20.7 Å². The molecule has 0 aromatic heterocycles. The SMILES string of the molecule is C[C@H]1COc2ccccc2C(=O)N[C@H](C(=O)O)CC(=O)N[C@H](Cc2ccccc2)C(=O)N1. The lowest BCUT2D eigenvalue weighted by atomic mass is 10.0. The molecule has 168 valence electrons. The van der Waals surface area contributed by atoms with E-state index in [4.69, 9.17) is 4.74 Å². The molecule has 0 saturated carbocycles. The molecule has 3 atom stereocenters. The van der Waals surface area contributed by atoms with E-state index in [9.17, 15) is 24.3 Å². The molecule has 0 radical (unpaired) electrons. The molecule has 2 aromatic rings. The lowest BCUT2D eigenvalue weighted by molar-refractivity contribution is -0.141. The second-order valence-corrected chi connectivity index (χ2v) is 7.60. The maximum atomic E-state index is 12.9. The molecule has 3 rings (SSSR count). The number of carboxylic acids is 1. The van der Waals surface area contributed by atoms with Gasteiger partial charge in [0.15, 0.2) is 0 Å². The van der Waals surface area contributed by atoms with E-state index >= 15 is 0 Å². The van der Waals surface area contributed by atoms with Gasteiger partial charge >= 0.3 is 5.97 Å². The molecule has 0 bridgehead atoms. The van der Waals surface area contributed by atoms with Crippen molar-refractivity contribution in [1.82, 2.24) is 16.0 Å². The predicted octanol–water partition coefficient (Wildman–Crippen LogP) is 0.884. The Kier molecular flexibility index (Phi) is 7.43. The van der Waals surface area contributed by atoms with Crippen molar-refractivity contribution < 1.29 is 29.0 Å². The molecular weight excluding hydrogens is 414 g/mol. The Balaban J connectivity index is 1.88. The smallest absolute Gasteiger partial charge is 0.326 e. The minimum absolute atomic E-state index is 0.0738. The summed E-state index contributed by atoms with van der Waals surface area (Å²) in [6, 6.07) is 12.7. The van der Waals surface area contributed by atoms with Gasteiger partial charge in [-0.15, -0.1) is 0 Å². The second kappa shape index (κ2) is 10.4. The Hall–Kier alpha value is -3.88. The van der Waals surface area contributed by atoms with Crippen molar-refractivity contribution in [1.29, 1.82) is 0 Å². The number of aliphatic carboxylic acids is 1. The fourth-order valence-corrected chi connectivity index (χ4v) is 3.31. The normalized spacial score (nSPS) is 22.3. The molecule has 0 spiro atoms. The van der Waals surface area contributed by atoms with Crippen molar-refractivity contribution in [3.05, 3.63) is 65.7 Å². The molecule has 1 aliphatic heterocycles. The number of benzene rings is 2. The first-order valence-electron chi connectivity index (χ1n) is 10.2. The monoisotopic (exact) mass is 439 g/mol. The molecule has 4 N–H and O–H groups in total. The van der Waals surface area contributed by atoms with Gasteiger partial charge in [-0.3, -0.25) is 14.4 Å². The zero-order chi connectivity index (χ0) is 23.1. The predicted molar refractivity (Wildman–Crippen MR) is 115 cm³/mol. The van der Waals surface area contributed by atoms with Crippen molar-refractivity contribution in [3.63, 3.8) is 0 Å². The molecule has 1 aliphatic rings. The van der Waals surface area contributed by atoms with Crippen LogP contribution in [0.15, 0.2) is 54.6 Å². The highest BCUT2D eigenvalue weighted by molar-refractivity contribution is 6.00. The number of ether oxygens (including phenoxy) is 1. The Morgan fingerprint density at radius 2 is 1.69 bits per heavy atom. The molecule has 0 saturated heterocycles. The summed E-state index contributed by atoms with van der Waals surface area (Å²) in [6.07, 6.45) is -0.308. The van der Waals surface area contributed by atoms with Gasteiger partial charge in [0.05, 0.1) is 18.0 Å². The number of hydrogen-bond donors (Lipinski definition) is 4. The summed E-state index contributed by atoms with van der Waals surface area (Å²) < 4.78 is 5.72. The number of carbonyl (C=O) groups is 4. The summed E-state index contributed by atoms with van der Waals surface area (Å²) in [5.41, 5.74) is 0.965. The Morgan fingerprint density at radius 1 is 1.00 bits per heavy atom. The summed E-state index contributed by atoms with van der Waals surface area (Å²) in [5, 5.41) is 17.3. The van der Waals surface area contributed by atoms with Gasteiger partial charge in [0, 0.05) is 6.42 Å². The van der Waals surface area contributed by atoms with E-state index in [-0.39, 0.29) is 24.3 Å². The van der Waals surface area contributed by atoms with Crippen LogP contribution in [0.4, 0.5) is 0 Å². The van der Waals surface area contributed by atoms with E-state index < -0.39 is 48.2 Å². The average molecular weight is 439 g/mol. The minimum Gasteiger partial charge on any atom is -0.491 e. The van der Waals surface area contributed by atoms with E-state index in [1.54, 1.807) is 25.1 Å². The van der Waals surface area contributed by atoms with Gasteiger partial charge in [-0.05, 0) is 24.6 Å². The highest BCUT2D eigenvalue weighted by atomic mass is 16.5. The van der Waals surface area contributed by atoms with Gasteiger partial charge < -0.3 is 25.8 Å². The number of fused-ring (bicyclic) bond motifs is 1. The number of carboxylic acid groups (broad SMARTS) is 1. The van der Waals surface area contributed by atoms with Gasteiger partial charge in [-0.2, -0.15) is 0 Å². The van der Waals surface area contributed by atoms with Crippen LogP contribution in [0.3, 0.4) is 0 Å². The fraction of sp³-hybridized carbons (Fsp3) is 0.304. The largest absolute Gasteiger partial charge is 0.491 e. The van der Waals surface area contributed by atoms with Crippen LogP contribution in [0.25, 0.3) is 0 Å². The lowest BCUT2D eigenvalue weighted by Gasteiger charge is -2.24. The number of hydrogen-bond acceptors (Lipinski definition) is 5. The van der Waals surface area contributed by atoms with Gasteiger partial charge in [0.1, 0.15) is 24.4 Å². The number of amides is 3. The summed E-state index contributed by atoms with van der Waals surface area (Å²) in [5.74, 6) is -2.87. The number of nitrogens with one attached hydrogen (secondary N) is 3. The molecule has 3 amide bonds. The zero-order valence-corrected chi connectivity index (χ0v) is 17.5. The minimum atomic E-state index is -1.47. The summed E-state index contributed by atoms with van der Waals surface area (Å²) >= 11 is 0. The Labute approximate surface area is 185 Å². The molecule has 9 heteroatoms. The van der Waals surface area contributed by atoms with E-state index in [0.717, 1.165) is 5.56 Å². The third-order valence-electron chi connectivity index (χ3n) is 4.94. The van der Waals surface area contributed by atoms with Crippen LogP contribution in [-0.4, -0.2) is 53.5 Å². The Bertz CT molecular complexity index is 994. The first-order valence-corrected chi connectivity index (χ1v) is 10.2. The third-order valence-corrected chi connectivity index (χ3v) is 4.94. The van der Waals surface area contributed by atoms with Crippen molar-refractivity contribution in [2.24, 2.45) is 0 Å². The van der Waals surface area contributed by atoms with Crippen LogP contribution >= 0.6 is 0 Å². The zero-order valence-electron chi connectivity index (χ0n) is 17.5. The molecule has 32 heavy (non-hydrogen) atoms.